The summed E-state index contributed by atoms with van der Waals surface area (Å²) in [5.41, 5.74) is 5.54. The first-order valence-corrected chi connectivity index (χ1v) is 20.8. The molecule has 0 aliphatic rings. The molecule has 0 fully saturated rings. The number of nitrogens with zero attached hydrogens (tertiary/aromatic N) is 3. The Morgan fingerprint density at radius 3 is 2.08 bits per heavy atom. The zero-order valence-electron chi connectivity index (χ0n) is 50.6. The van der Waals surface area contributed by atoms with Crippen LogP contribution in [-0.4, -0.2) is 19.6 Å². The van der Waals surface area contributed by atoms with Crippen molar-refractivity contribution in [2.75, 3.05) is 0 Å². The van der Waals surface area contributed by atoms with E-state index in [1.165, 1.54) is 0 Å². The molecule has 0 aliphatic heterocycles. The minimum atomic E-state index is -2.70. The number of aryl methyl sites for hydroxylation is 2. The number of rotatable bonds is 8. The van der Waals surface area contributed by atoms with Gasteiger partial charge in [0.15, 0.2) is 0 Å². The van der Waals surface area contributed by atoms with Crippen molar-refractivity contribution in [2.24, 2.45) is 0 Å². The maximum absolute atomic E-state index is 12.3. The second kappa shape index (κ2) is 17.5. The van der Waals surface area contributed by atoms with Gasteiger partial charge in [-0.05, 0) is 111 Å². The molecule has 0 atom stereocenters. The molecule has 6 aromatic carbocycles. The van der Waals surface area contributed by atoms with Crippen molar-refractivity contribution in [3.05, 3.63) is 167 Å². The number of phenolic OH excluding ortho intramolecular Hbond substituents is 1. The monoisotopic (exact) mass is 1020 g/mol. The molecule has 8 aromatic rings. The predicted octanol–water partition coefficient (Wildman–Crippen LogP) is 15.7. The van der Waals surface area contributed by atoms with Gasteiger partial charge in [0, 0.05) is 45.3 Å². The summed E-state index contributed by atoms with van der Waals surface area (Å²) in [6.45, 7) is 18.2. The summed E-state index contributed by atoms with van der Waals surface area (Å²) >= 11 is 0. The maximum atomic E-state index is 12.3. The number of benzene rings is 6. The second-order valence-electron chi connectivity index (χ2n) is 18.6. The third-order valence-electron chi connectivity index (χ3n) is 11.3. The summed E-state index contributed by atoms with van der Waals surface area (Å²) < 4.78 is 116. The van der Waals surface area contributed by atoms with Crippen molar-refractivity contribution in [3.8, 4) is 67.5 Å². The number of imidazole rings is 1. The molecule has 0 aliphatic carbocycles. The van der Waals surface area contributed by atoms with Gasteiger partial charge in [-0.1, -0.05) is 159 Å². The minimum absolute atomic E-state index is 0. The van der Waals surface area contributed by atoms with Crippen LogP contribution in [0.1, 0.15) is 132 Å². The fourth-order valence-electron chi connectivity index (χ4n) is 7.76. The van der Waals surface area contributed by atoms with E-state index >= 15 is 0 Å². The SMILES string of the molecule is [2H]c1nc(-c2[c-]c(-c3cccc4c3nc(-c3cc(C)cc(C(C)(C)C)c3O)n4-c3ccc(-c4cc(C([2H])(C)C)cc(C([2H])(C)C)c4)cc3C([2H])([2H])[2H])cc(C(C)(C)C)c2)c([2H])c(-c2c([2H])c([2H])c([2H])c([2H])c2[2H])c1[2H].[Pt]. The summed E-state index contributed by atoms with van der Waals surface area (Å²) in [6, 6.07) is 22.8. The fraction of sp³-hybridized carbons (Fsp3) is 0.276. The molecule has 324 valence electrons. The molecular formula is C58H60N3OPt-. The number of hydrogen-bond acceptors (Lipinski definition) is 3. The number of fused-ring (bicyclic) bond motifs is 1. The average Bonchev–Trinajstić information content (AvgIpc) is 3.70. The quantitative estimate of drug-likeness (QED) is 0.154. The molecule has 0 bridgehead atoms. The van der Waals surface area contributed by atoms with Crippen LogP contribution in [0.25, 0.3) is 72.7 Å². The number of hydrogen-bond donors (Lipinski definition) is 1. The van der Waals surface area contributed by atoms with Crippen molar-refractivity contribution >= 4 is 11.0 Å². The van der Waals surface area contributed by atoms with Crippen molar-refractivity contribution in [1.82, 2.24) is 14.5 Å². The van der Waals surface area contributed by atoms with E-state index < -0.39 is 83.5 Å². The number of aromatic nitrogens is 3. The Balaban J connectivity index is 0.00000840. The summed E-state index contributed by atoms with van der Waals surface area (Å²) in [7, 11) is 0. The Morgan fingerprint density at radius 2 is 1.43 bits per heavy atom. The van der Waals surface area contributed by atoms with Gasteiger partial charge in [-0.25, -0.2) is 4.98 Å². The summed E-state index contributed by atoms with van der Waals surface area (Å²) in [5, 5.41) is 12.3. The normalized spacial score (nSPS) is 15.5. The number of para-hydroxylation sites is 1. The molecule has 63 heavy (non-hydrogen) atoms. The van der Waals surface area contributed by atoms with Crippen LogP contribution < -0.4 is 0 Å². The molecule has 4 nitrogen and oxygen atoms in total. The van der Waals surface area contributed by atoms with Crippen LogP contribution >= 0.6 is 0 Å². The Hall–Kier alpha value is -5.57. The second-order valence-corrected chi connectivity index (χ2v) is 18.6. The Kier molecular flexibility index (Phi) is 8.71. The van der Waals surface area contributed by atoms with Gasteiger partial charge in [-0.15, -0.1) is 29.3 Å². The number of phenols is 1. The molecule has 1 N–H and O–H groups in total. The van der Waals surface area contributed by atoms with E-state index in [0.29, 0.717) is 55.5 Å². The molecular weight excluding hydrogens is 950 g/mol. The molecule has 0 spiro atoms. The number of pyridine rings is 1. The van der Waals surface area contributed by atoms with Crippen LogP contribution in [0.4, 0.5) is 0 Å². The van der Waals surface area contributed by atoms with Gasteiger partial charge in [0.2, 0.25) is 0 Å². The zero-order valence-corrected chi connectivity index (χ0v) is 39.9. The largest absolute Gasteiger partial charge is 0.507 e. The molecule has 5 heteroatoms. The molecule has 0 radical (unpaired) electrons. The molecule has 0 saturated heterocycles. The minimum Gasteiger partial charge on any atom is -0.507 e. The van der Waals surface area contributed by atoms with E-state index in [0.717, 1.165) is 11.1 Å². The topological polar surface area (TPSA) is 50.9 Å². The van der Waals surface area contributed by atoms with Crippen LogP contribution in [-0.2, 0) is 31.9 Å². The van der Waals surface area contributed by atoms with Crippen molar-refractivity contribution in [3.63, 3.8) is 0 Å². The first-order chi connectivity index (χ1) is 34.5. The molecule has 0 unspecified atom stereocenters. The van der Waals surface area contributed by atoms with Gasteiger partial charge in [0.1, 0.15) is 11.6 Å². The van der Waals surface area contributed by atoms with Crippen LogP contribution in [0.2, 0.25) is 0 Å². The summed E-state index contributed by atoms with van der Waals surface area (Å²) in [4.78, 5) is 9.73. The van der Waals surface area contributed by atoms with E-state index in [-0.39, 0.29) is 60.7 Å². The molecule has 8 rings (SSSR count). The van der Waals surface area contributed by atoms with Crippen LogP contribution in [0.3, 0.4) is 0 Å². The van der Waals surface area contributed by atoms with Gasteiger partial charge in [-0.2, -0.15) is 0 Å². The Morgan fingerprint density at radius 1 is 0.730 bits per heavy atom. The summed E-state index contributed by atoms with van der Waals surface area (Å²) in [5.74, 6) is -1.83. The van der Waals surface area contributed by atoms with Crippen LogP contribution in [0, 0.1) is 19.8 Å². The first-order valence-electron chi connectivity index (χ1n) is 27.3. The van der Waals surface area contributed by atoms with Gasteiger partial charge >= 0.3 is 0 Å². The van der Waals surface area contributed by atoms with Gasteiger partial charge in [0.25, 0.3) is 0 Å². The van der Waals surface area contributed by atoms with Gasteiger partial charge < -0.3 is 5.11 Å². The molecule has 0 amide bonds. The van der Waals surface area contributed by atoms with E-state index in [1.807, 2.05) is 103 Å². The zero-order chi connectivity index (χ0) is 55.6. The predicted molar refractivity (Wildman–Crippen MR) is 262 cm³/mol. The third-order valence-corrected chi connectivity index (χ3v) is 11.3. The standard InChI is InChI=1S/C58H60N3O.Pt/c1-35(2)42-28-43(36(3)4)30-44(29-42)40-21-22-52(38(6)27-40)61-53-20-16-19-48(54(53)60-56(61)49-25-37(5)26-50(55(49)62)58(10,11)12)45-31-46(33-47(32-45)57(7,8)9)51-34-41(23-24-59-51)39-17-14-13-15-18-39;/h13-30,32-36,62H,1-12H3;/q-1;/i6D3,13D,14D,15D,17D,18D,23D,24D,34D,35D,36D;. The van der Waals surface area contributed by atoms with E-state index in [1.54, 1.807) is 56.5 Å². The van der Waals surface area contributed by atoms with Crippen LogP contribution in [0.15, 0.2) is 127 Å². The summed E-state index contributed by atoms with van der Waals surface area (Å²) in [6.07, 6.45) is -0.582. The maximum Gasteiger partial charge on any atom is 0.148 e. The number of aromatic hydroxyl groups is 1. The smallest absolute Gasteiger partial charge is 0.148 e. The first kappa shape index (κ1) is 31.3. The van der Waals surface area contributed by atoms with E-state index in [9.17, 15) is 6.48 Å². The van der Waals surface area contributed by atoms with Crippen molar-refractivity contribution in [2.45, 2.75) is 106 Å². The van der Waals surface area contributed by atoms with Gasteiger partial charge in [-0.3, -0.25) is 9.55 Å². The molecule has 2 heterocycles. The van der Waals surface area contributed by atoms with E-state index in [4.69, 9.17) is 21.4 Å². The third kappa shape index (κ3) is 9.11. The van der Waals surface area contributed by atoms with Crippen molar-refractivity contribution < 1.29 is 44.0 Å². The van der Waals surface area contributed by atoms with Crippen molar-refractivity contribution in [1.29, 1.82) is 0 Å². The van der Waals surface area contributed by atoms with Crippen LogP contribution in [0.5, 0.6) is 5.75 Å². The molecule has 0 saturated carbocycles. The fourth-order valence-corrected chi connectivity index (χ4v) is 7.76. The Labute approximate surface area is 408 Å². The van der Waals surface area contributed by atoms with Gasteiger partial charge in [0.05, 0.1) is 33.3 Å². The average molecular weight is 1020 g/mol. The van der Waals surface area contributed by atoms with E-state index in [2.05, 4.69) is 11.1 Å². The molecule has 2 aromatic heterocycles. The Bertz CT molecular complexity index is 3590.